The minimum Gasteiger partial charge on any atom is -0.494 e. The van der Waals surface area contributed by atoms with Gasteiger partial charge < -0.3 is 35.8 Å². The van der Waals surface area contributed by atoms with Crippen LogP contribution in [-0.4, -0.2) is 109 Å². The number of benzene rings is 3. The molecule has 0 saturated carbocycles. The van der Waals surface area contributed by atoms with Crippen LogP contribution in [0.2, 0.25) is 0 Å². The Balaban J connectivity index is 0.973. The van der Waals surface area contributed by atoms with E-state index in [1.807, 2.05) is 24.3 Å². The molecule has 0 aliphatic carbocycles. The SMILES string of the molecule is CNC(=O)c1ccccc1Nc1nc(Nc2cc(C(F)(F)F)c(N3CCN(C(=O)CN4CCC(c5ccc(NC6CCC(=O)NC6=O)cc5)CC4)CC3)cc2OC)ncc1C(F)(F)F. The summed E-state index contributed by atoms with van der Waals surface area (Å²) in [6.45, 7) is 2.07. The Hall–Kier alpha value is -6.64. The number of imide groups is 1. The lowest BCUT2D eigenvalue weighted by atomic mass is 9.89. The monoisotopic (exact) mass is 896 g/mol. The van der Waals surface area contributed by atoms with Crippen molar-refractivity contribution in [2.75, 3.05) is 80.8 Å². The molecule has 0 spiro atoms. The molecule has 0 radical (unpaired) electrons. The molecule has 4 aromatic rings. The van der Waals surface area contributed by atoms with E-state index >= 15 is 0 Å². The maximum atomic E-state index is 14.7. The molecule has 4 heterocycles. The van der Waals surface area contributed by atoms with Crippen LogP contribution in [0.25, 0.3) is 0 Å². The van der Waals surface area contributed by atoms with Crippen LogP contribution in [0.3, 0.4) is 0 Å². The highest BCUT2D eigenvalue weighted by atomic mass is 19.4. The molecule has 21 heteroatoms. The highest BCUT2D eigenvalue weighted by molar-refractivity contribution is 6.01. The van der Waals surface area contributed by atoms with Gasteiger partial charge in [0.05, 0.1) is 41.8 Å². The number of likely N-dealkylation sites (tertiary alicyclic amines) is 1. The van der Waals surface area contributed by atoms with Gasteiger partial charge in [-0.2, -0.15) is 31.3 Å². The number of anilines is 6. The van der Waals surface area contributed by atoms with Crippen molar-refractivity contribution in [2.45, 2.75) is 50.0 Å². The van der Waals surface area contributed by atoms with E-state index in [9.17, 15) is 45.5 Å². The van der Waals surface area contributed by atoms with Gasteiger partial charge in [-0.1, -0.05) is 24.3 Å². The van der Waals surface area contributed by atoms with E-state index in [0.29, 0.717) is 25.7 Å². The molecule has 3 aliphatic heterocycles. The highest BCUT2D eigenvalue weighted by Crippen LogP contribution is 2.44. The van der Waals surface area contributed by atoms with Crippen molar-refractivity contribution >= 4 is 58.1 Å². The predicted molar refractivity (Wildman–Crippen MR) is 225 cm³/mol. The Bertz CT molecular complexity index is 2370. The van der Waals surface area contributed by atoms with Gasteiger partial charge in [0.25, 0.3) is 5.91 Å². The van der Waals surface area contributed by atoms with Crippen LogP contribution >= 0.6 is 0 Å². The van der Waals surface area contributed by atoms with Crippen molar-refractivity contribution < 1.29 is 50.3 Å². The summed E-state index contributed by atoms with van der Waals surface area (Å²) in [5.74, 6) is -2.36. The van der Waals surface area contributed by atoms with E-state index in [1.165, 1.54) is 49.4 Å². The standard InChI is InChI=1S/C43H46F6N10O5/c1-50-39(62)28-5-3-4-6-31(28)53-38-30(43(47,48)49)23-51-41(56-38)54-33-21-29(42(44,45)46)34(22-35(33)64-2)58-17-19-59(20-18-58)37(61)24-57-15-13-26(14-16-57)25-7-9-27(10-8-25)52-32-11-12-36(60)55-40(32)63/h3-10,21-23,26,32,52H,11-20,24H2,1-2H3,(H,50,62)(H,55,60,63)(H2,51,53,54,56). The van der Waals surface area contributed by atoms with Crippen LogP contribution in [0.4, 0.5) is 60.9 Å². The molecule has 3 fully saturated rings. The third-order valence-corrected chi connectivity index (χ3v) is 11.5. The second kappa shape index (κ2) is 19.0. The van der Waals surface area contributed by atoms with Crippen LogP contribution in [0.15, 0.2) is 66.9 Å². The number of hydrogen-bond donors (Lipinski definition) is 5. The summed E-state index contributed by atoms with van der Waals surface area (Å²) in [7, 11) is 2.58. The number of hydrogen-bond acceptors (Lipinski definition) is 12. The van der Waals surface area contributed by atoms with E-state index in [2.05, 4.69) is 41.5 Å². The quantitative estimate of drug-likeness (QED) is 0.0817. The number of carbonyl (C=O) groups is 4. The third kappa shape index (κ3) is 10.6. The Morgan fingerprint density at radius 3 is 2.17 bits per heavy atom. The molecule has 15 nitrogen and oxygen atoms in total. The number of para-hydroxylation sites is 1. The number of alkyl halides is 6. The zero-order chi connectivity index (χ0) is 45.8. The minimum atomic E-state index is -4.94. The third-order valence-electron chi connectivity index (χ3n) is 11.5. The van der Waals surface area contributed by atoms with E-state index in [0.717, 1.165) is 30.2 Å². The minimum absolute atomic E-state index is 0.0103. The molecular weight excluding hydrogens is 851 g/mol. The molecule has 1 unspecified atom stereocenters. The average Bonchev–Trinajstić information content (AvgIpc) is 3.27. The van der Waals surface area contributed by atoms with E-state index in [4.69, 9.17) is 4.74 Å². The predicted octanol–water partition coefficient (Wildman–Crippen LogP) is 6.11. The largest absolute Gasteiger partial charge is 0.494 e. The molecule has 3 aliphatic rings. The van der Waals surface area contributed by atoms with E-state index < -0.39 is 47.2 Å². The number of nitrogens with zero attached hydrogens (tertiary/aromatic N) is 5. The summed E-state index contributed by atoms with van der Waals surface area (Å²) in [6.07, 6.45) is -6.97. The number of aromatic nitrogens is 2. The average molecular weight is 897 g/mol. The number of halogens is 6. The van der Waals surface area contributed by atoms with Gasteiger partial charge in [-0.3, -0.25) is 29.4 Å². The van der Waals surface area contributed by atoms with Crippen LogP contribution in [-0.2, 0) is 26.7 Å². The van der Waals surface area contributed by atoms with Crippen LogP contribution < -0.4 is 36.2 Å². The molecule has 340 valence electrons. The number of nitrogens with one attached hydrogen (secondary N) is 5. The topological polar surface area (TPSA) is 173 Å². The first-order valence-corrected chi connectivity index (χ1v) is 20.5. The maximum Gasteiger partial charge on any atom is 0.421 e. The second-order valence-electron chi connectivity index (χ2n) is 15.6. The Morgan fingerprint density at radius 1 is 0.844 bits per heavy atom. The lowest BCUT2D eigenvalue weighted by molar-refractivity contribution is -0.138. The summed E-state index contributed by atoms with van der Waals surface area (Å²) < 4.78 is 91.8. The lowest BCUT2D eigenvalue weighted by Crippen LogP contribution is -2.52. The van der Waals surface area contributed by atoms with Crippen molar-refractivity contribution in [1.29, 1.82) is 0 Å². The van der Waals surface area contributed by atoms with Gasteiger partial charge in [0.15, 0.2) is 0 Å². The fraction of sp³-hybridized carbons (Fsp3) is 0.395. The Morgan fingerprint density at radius 2 is 1.53 bits per heavy atom. The summed E-state index contributed by atoms with van der Waals surface area (Å²) in [5, 5.41) is 13.0. The molecular formula is C43H46F6N10O5. The number of piperazine rings is 1. The fourth-order valence-corrected chi connectivity index (χ4v) is 8.04. The number of carbonyl (C=O) groups excluding carboxylic acids is 4. The van der Waals surface area contributed by atoms with Gasteiger partial charge in [-0.25, -0.2) is 4.98 Å². The normalized spacial score (nSPS) is 17.7. The molecule has 5 N–H and O–H groups in total. The fourth-order valence-electron chi connectivity index (χ4n) is 8.04. The second-order valence-corrected chi connectivity index (χ2v) is 15.6. The van der Waals surface area contributed by atoms with Crippen LogP contribution in [0.1, 0.15) is 58.6 Å². The summed E-state index contributed by atoms with van der Waals surface area (Å²) in [4.78, 5) is 62.3. The van der Waals surface area contributed by atoms with Crippen molar-refractivity contribution in [2.24, 2.45) is 0 Å². The first kappa shape index (κ1) is 45.4. The molecule has 7 rings (SSSR count). The first-order valence-electron chi connectivity index (χ1n) is 20.5. The van der Waals surface area contributed by atoms with Crippen LogP contribution in [0, 0.1) is 0 Å². The van der Waals surface area contributed by atoms with E-state index in [-0.39, 0.29) is 91.2 Å². The zero-order valence-corrected chi connectivity index (χ0v) is 34.8. The summed E-state index contributed by atoms with van der Waals surface area (Å²) in [5.41, 5.74) is -0.879. The first-order chi connectivity index (χ1) is 30.5. The van der Waals surface area contributed by atoms with Gasteiger partial charge >= 0.3 is 12.4 Å². The van der Waals surface area contributed by atoms with Gasteiger partial charge in [-0.05, 0) is 74.2 Å². The van der Waals surface area contributed by atoms with Crippen molar-refractivity contribution in [3.8, 4) is 5.75 Å². The summed E-state index contributed by atoms with van der Waals surface area (Å²) in [6, 6.07) is 15.1. The molecule has 3 saturated heterocycles. The molecule has 0 bridgehead atoms. The van der Waals surface area contributed by atoms with Gasteiger partial charge in [0, 0.05) is 57.6 Å². The zero-order valence-electron chi connectivity index (χ0n) is 34.8. The number of piperidine rings is 2. The Labute approximate surface area is 363 Å². The maximum absolute atomic E-state index is 14.7. The van der Waals surface area contributed by atoms with Gasteiger partial charge in [0.1, 0.15) is 23.2 Å². The van der Waals surface area contributed by atoms with Gasteiger partial charge in [-0.15, -0.1) is 0 Å². The van der Waals surface area contributed by atoms with Gasteiger partial charge in [0.2, 0.25) is 23.7 Å². The highest BCUT2D eigenvalue weighted by Gasteiger charge is 2.39. The van der Waals surface area contributed by atoms with Crippen LogP contribution in [0.5, 0.6) is 5.75 Å². The van der Waals surface area contributed by atoms with Crippen molar-refractivity contribution in [1.82, 2.24) is 30.4 Å². The molecule has 64 heavy (non-hydrogen) atoms. The number of methoxy groups -OCH3 is 1. The molecule has 1 aromatic heterocycles. The molecule has 1 atom stereocenters. The Kier molecular flexibility index (Phi) is 13.5. The van der Waals surface area contributed by atoms with Crippen molar-refractivity contribution in [3.63, 3.8) is 0 Å². The lowest BCUT2D eigenvalue weighted by Gasteiger charge is -2.39. The number of amides is 4. The number of ether oxygens (including phenoxy) is 1. The van der Waals surface area contributed by atoms with Crippen molar-refractivity contribution in [3.05, 3.63) is 89.1 Å². The number of rotatable bonds is 12. The smallest absolute Gasteiger partial charge is 0.421 e. The molecule has 3 aromatic carbocycles. The van der Waals surface area contributed by atoms with E-state index in [1.54, 1.807) is 4.90 Å². The molecule has 4 amide bonds. The summed E-state index contributed by atoms with van der Waals surface area (Å²) >= 11 is 0.